The zero-order chi connectivity index (χ0) is 12.7. The number of hydrogen-bond donors (Lipinski definition) is 0. The summed E-state index contributed by atoms with van der Waals surface area (Å²) in [7, 11) is 0. The highest BCUT2D eigenvalue weighted by Gasteiger charge is 2.13. The molecule has 0 bridgehead atoms. The highest BCUT2D eigenvalue weighted by Crippen LogP contribution is 2.27. The van der Waals surface area contributed by atoms with Crippen LogP contribution >= 0.6 is 11.8 Å². The van der Waals surface area contributed by atoms with E-state index in [1.165, 1.54) is 0 Å². The molecule has 0 saturated heterocycles. The van der Waals surface area contributed by atoms with Crippen LogP contribution in [0.2, 0.25) is 0 Å². The quantitative estimate of drug-likeness (QED) is 0.624. The average molecular weight is 253 g/mol. The van der Waals surface area contributed by atoms with Gasteiger partial charge in [0, 0.05) is 0 Å². The molecule has 0 spiro atoms. The number of para-hydroxylation sites is 2. The molecule has 2 aromatic heterocycles. The van der Waals surface area contributed by atoms with Gasteiger partial charge in [-0.2, -0.15) is 5.26 Å². The number of pyridine rings is 1. The summed E-state index contributed by atoms with van der Waals surface area (Å²) in [5.74, 6) is 0. The molecule has 0 saturated carbocycles. The number of fused-ring (bicyclic) bond motifs is 3. The molecule has 3 nitrogen and oxygen atoms in total. The Balaban J connectivity index is 2.62. The molecule has 88 valence electrons. The second kappa shape index (κ2) is 4.04. The maximum absolute atomic E-state index is 9.30. The van der Waals surface area contributed by atoms with E-state index in [0.717, 1.165) is 27.3 Å². The van der Waals surface area contributed by atoms with Crippen molar-refractivity contribution in [1.82, 2.24) is 9.38 Å². The first-order valence-corrected chi connectivity index (χ1v) is 6.83. The van der Waals surface area contributed by atoms with Gasteiger partial charge in [0.1, 0.15) is 6.07 Å². The second-order valence-corrected chi connectivity index (χ2v) is 4.94. The maximum Gasteiger partial charge on any atom is 0.157 e. The van der Waals surface area contributed by atoms with Crippen molar-refractivity contribution in [3.8, 4) is 6.07 Å². The monoisotopic (exact) mass is 253 g/mol. The lowest BCUT2D eigenvalue weighted by Crippen LogP contribution is -1.96. The Morgan fingerprint density at radius 2 is 2.11 bits per heavy atom. The van der Waals surface area contributed by atoms with Gasteiger partial charge in [-0.05, 0) is 36.9 Å². The van der Waals surface area contributed by atoms with Crippen LogP contribution in [0, 0.1) is 18.3 Å². The summed E-state index contributed by atoms with van der Waals surface area (Å²) in [4.78, 5) is 4.58. The zero-order valence-corrected chi connectivity index (χ0v) is 11.0. The molecule has 4 heteroatoms. The maximum atomic E-state index is 9.30. The van der Waals surface area contributed by atoms with Crippen molar-refractivity contribution in [3.63, 3.8) is 0 Å². The lowest BCUT2D eigenvalue weighted by Gasteiger charge is -2.07. The minimum Gasteiger partial charge on any atom is -0.286 e. The Morgan fingerprint density at radius 1 is 1.33 bits per heavy atom. The van der Waals surface area contributed by atoms with Crippen molar-refractivity contribution in [2.24, 2.45) is 0 Å². The van der Waals surface area contributed by atoms with Gasteiger partial charge < -0.3 is 0 Å². The number of aryl methyl sites for hydroxylation is 1. The van der Waals surface area contributed by atoms with E-state index in [9.17, 15) is 5.26 Å². The molecule has 0 atom stereocenters. The Bertz CT molecular complexity index is 796. The number of nitrogens with zero attached hydrogens (tertiary/aromatic N) is 3. The van der Waals surface area contributed by atoms with Crippen LogP contribution in [0.1, 0.15) is 11.1 Å². The molecule has 0 aliphatic rings. The zero-order valence-electron chi connectivity index (χ0n) is 10.1. The summed E-state index contributed by atoms with van der Waals surface area (Å²) < 4.78 is 2.06. The molecule has 0 aliphatic heterocycles. The Hall–Kier alpha value is -1.99. The molecular formula is C14H11N3S. The first-order valence-electron chi connectivity index (χ1n) is 5.61. The number of hydrogen-bond acceptors (Lipinski definition) is 3. The fourth-order valence-electron chi connectivity index (χ4n) is 2.20. The predicted octanol–water partition coefficient (Wildman–Crippen LogP) is 3.39. The summed E-state index contributed by atoms with van der Waals surface area (Å²) in [5.41, 5.74) is 4.36. The van der Waals surface area contributed by atoms with E-state index in [4.69, 9.17) is 0 Å². The lowest BCUT2D eigenvalue weighted by molar-refractivity contribution is 1.04. The van der Waals surface area contributed by atoms with Crippen LogP contribution in [0.5, 0.6) is 0 Å². The van der Waals surface area contributed by atoms with Crippen LogP contribution < -0.4 is 0 Å². The SMILES string of the molecule is CSc1cc(C)c(C#N)c2nc3ccccc3n12. The normalized spacial score (nSPS) is 10.9. The van der Waals surface area contributed by atoms with Crippen LogP contribution in [0.3, 0.4) is 0 Å². The van der Waals surface area contributed by atoms with Gasteiger partial charge in [0.15, 0.2) is 5.65 Å². The van der Waals surface area contributed by atoms with Crippen molar-refractivity contribution in [2.75, 3.05) is 6.26 Å². The molecule has 0 aliphatic carbocycles. The number of thioether (sulfide) groups is 1. The van der Waals surface area contributed by atoms with Gasteiger partial charge in [0.25, 0.3) is 0 Å². The van der Waals surface area contributed by atoms with E-state index in [1.54, 1.807) is 11.8 Å². The smallest absolute Gasteiger partial charge is 0.157 e. The summed E-state index contributed by atoms with van der Waals surface area (Å²) >= 11 is 1.66. The summed E-state index contributed by atoms with van der Waals surface area (Å²) in [6.07, 6.45) is 2.04. The number of aromatic nitrogens is 2. The molecule has 3 aromatic rings. The van der Waals surface area contributed by atoms with Crippen LogP contribution in [0.15, 0.2) is 35.4 Å². The van der Waals surface area contributed by atoms with Gasteiger partial charge in [-0.1, -0.05) is 12.1 Å². The molecular weight excluding hydrogens is 242 g/mol. The number of imidazole rings is 1. The molecule has 0 unspecified atom stereocenters. The van der Waals surface area contributed by atoms with E-state index in [2.05, 4.69) is 15.5 Å². The van der Waals surface area contributed by atoms with Crippen molar-refractivity contribution in [1.29, 1.82) is 5.26 Å². The fourth-order valence-corrected chi connectivity index (χ4v) is 2.87. The van der Waals surface area contributed by atoms with Gasteiger partial charge in [-0.15, -0.1) is 11.8 Å². The van der Waals surface area contributed by atoms with Gasteiger partial charge >= 0.3 is 0 Å². The topological polar surface area (TPSA) is 41.1 Å². The van der Waals surface area contributed by atoms with E-state index in [0.29, 0.717) is 5.56 Å². The summed E-state index contributed by atoms with van der Waals surface area (Å²) in [5, 5.41) is 10.4. The minimum atomic E-state index is 0.656. The van der Waals surface area contributed by atoms with E-state index in [-0.39, 0.29) is 0 Å². The fraction of sp³-hybridized carbons (Fsp3) is 0.143. The van der Waals surface area contributed by atoms with Crippen molar-refractivity contribution in [3.05, 3.63) is 41.5 Å². The van der Waals surface area contributed by atoms with E-state index >= 15 is 0 Å². The highest BCUT2D eigenvalue weighted by molar-refractivity contribution is 7.98. The predicted molar refractivity (Wildman–Crippen MR) is 73.9 cm³/mol. The Morgan fingerprint density at radius 3 is 2.83 bits per heavy atom. The second-order valence-electron chi connectivity index (χ2n) is 4.12. The Kier molecular flexibility index (Phi) is 2.49. The first kappa shape index (κ1) is 11.1. The molecule has 1 aromatic carbocycles. The van der Waals surface area contributed by atoms with Crippen LogP contribution in [-0.2, 0) is 0 Å². The lowest BCUT2D eigenvalue weighted by atomic mass is 10.2. The molecule has 0 amide bonds. The van der Waals surface area contributed by atoms with Crippen molar-refractivity contribution < 1.29 is 0 Å². The summed E-state index contributed by atoms with van der Waals surface area (Å²) in [6.45, 7) is 1.96. The summed E-state index contributed by atoms with van der Waals surface area (Å²) in [6, 6.07) is 12.3. The number of benzene rings is 1. The van der Waals surface area contributed by atoms with Gasteiger partial charge in [-0.25, -0.2) is 4.98 Å². The molecule has 0 N–H and O–H groups in total. The standard InChI is InChI=1S/C14H11N3S/c1-9-7-13(18-2)17-12-6-4-3-5-11(12)16-14(17)10(9)8-15/h3-7H,1-2H3. The first-order chi connectivity index (χ1) is 8.76. The van der Waals surface area contributed by atoms with Crippen molar-refractivity contribution >= 4 is 28.4 Å². The van der Waals surface area contributed by atoms with E-state index < -0.39 is 0 Å². The van der Waals surface area contributed by atoms with Gasteiger partial charge in [-0.3, -0.25) is 4.40 Å². The third kappa shape index (κ3) is 1.41. The van der Waals surface area contributed by atoms with Crippen LogP contribution in [0.4, 0.5) is 0 Å². The molecule has 0 fully saturated rings. The molecule has 2 heterocycles. The Labute approximate surface area is 109 Å². The minimum absolute atomic E-state index is 0.656. The van der Waals surface area contributed by atoms with Gasteiger partial charge in [0.2, 0.25) is 0 Å². The molecule has 0 radical (unpaired) electrons. The number of nitriles is 1. The van der Waals surface area contributed by atoms with Crippen LogP contribution in [0.25, 0.3) is 16.7 Å². The highest BCUT2D eigenvalue weighted by atomic mass is 32.2. The van der Waals surface area contributed by atoms with Crippen LogP contribution in [-0.4, -0.2) is 15.6 Å². The molecule has 3 rings (SSSR count). The van der Waals surface area contributed by atoms with E-state index in [1.807, 2.05) is 43.5 Å². The van der Waals surface area contributed by atoms with Gasteiger partial charge in [0.05, 0.1) is 21.6 Å². The third-order valence-electron chi connectivity index (χ3n) is 3.06. The molecule has 18 heavy (non-hydrogen) atoms. The number of rotatable bonds is 1. The largest absolute Gasteiger partial charge is 0.286 e. The van der Waals surface area contributed by atoms with Crippen molar-refractivity contribution in [2.45, 2.75) is 11.9 Å². The average Bonchev–Trinajstić information content (AvgIpc) is 2.77. The third-order valence-corrected chi connectivity index (χ3v) is 3.78.